The number of hydrogen-bond acceptors (Lipinski definition) is 1. The fraction of sp³-hybridized carbons (Fsp3) is 0. The average molecular weight is 786 g/mol. The highest BCUT2D eigenvalue weighted by Gasteiger charge is 2.11. The number of rotatable bonds is 6. The normalized spacial score (nSPS) is 11.5. The van der Waals surface area contributed by atoms with Crippen molar-refractivity contribution < 1.29 is 0 Å². The van der Waals surface area contributed by atoms with Crippen molar-refractivity contribution in [1.82, 2.24) is 4.98 Å². The van der Waals surface area contributed by atoms with Gasteiger partial charge in [0.1, 0.15) is 0 Å². The van der Waals surface area contributed by atoms with Crippen LogP contribution in [0.15, 0.2) is 237 Å². The van der Waals surface area contributed by atoms with Gasteiger partial charge in [0.05, 0.1) is 0 Å². The Balaban J connectivity index is 0.905. The maximum absolute atomic E-state index is 4.29. The predicted octanol–water partition coefficient (Wildman–Crippen LogP) is 16.8. The summed E-state index contributed by atoms with van der Waals surface area (Å²) in [5.74, 6) is 0. The van der Waals surface area contributed by atoms with Crippen LogP contribution in [0.2, 0.25) is 0 Å². The summed E-state index contributed by atoms with van der Waals surface area (Å²) in [6, 6.07) is 82.8. The second-order valence-electron chi connectivity index (χ2n) is 16.5. The van der Waals surface area contributed by atoms with Gasteiger partial charge in [-0.2, -0.15) is 0 Å². The summed E-state index contributed by atoms with van der Waals surface area (Å²) >= 11 is 0. The lowest BCUT2D eigenvalue weighted by atomic mass is 9.91. The van der Waals surface area contributed by atoms with Crippen molar-refractivity contribution in [1.29, 1.82) is 0 Å². The minimum absolute atomic E-state index is 1.15. The van der Waals surface area contributed by atoms with Crippen LogP contribution in [0.4, 0.5) is 0 Å². The summed E-state index contributed by atoms with van der Waals surface area (Å²) in [5, 5.41) is 12.4. The molecule has 0 saturated carbocycles. The molecule has 0 aliphatic heterocycles. The van der Waals surface area contributed by atoms with Gasteiger partial charge in [0.2, 0.25) is 0 Å². The molecule has 1 heteroatoms. The zero-order chi connectivity index (χ0) is 41.0. The van der Waals surface area contributed by atoms with Crippen LogP contribution in [0.5, 0.6) is 0 Å². The first-order chi connectivity index (χ1) is 30.6. The second kappa shape index (κ2) is 14.9. The SMILES string of the molecule is c1ccc2cc3cc(-c4ccc(-c5cc(-c6ccc(-c7ccc8cnccc8c7)cc6)cc(-c6ccc(-c7ccc8cc9ccccc9cc8c7)cc6)c5)cc4)ccc3cc2c1. The number of nitrogens with zero attached hydrogens (tertiary/aromatic N) is 1. The summed E-state index contributed by atoms with van der Waals surface area (Å²) < 4.78 is 0. The van der Waals surface area contributed by atoms with E-state index in [1.807, 2.05) is 12.4 Å². The first kappa shape index (κ1) is 35.8. The summed E-state index contributed by atoms with van der Waals surface area (Å²) in [7, 11) is 0. The van der Waals surface area contributed by atoms with Crippen LogP contribution in [0.1, 0.15) is 0 Å². The molecule has 0 fully saturated rings. The van der Waals surface area contributed by atoms with Crippen molar-refractivity contribution in [2.75, 3.05) is 0 Å². The molecule has 0 amide bonds. The van der Waals surface area contributed by atoms with Crippen molar-refractivity contribution in [2.24, 2.45) is 0 Å². The number of benzene rings is 11. The smallest absolute Gasteiger partial charge is 0.0346 e. The second-order valence-corrected chi connectivity index (χ2v) is 16.5. The average Bonchev–Trinajstić information content (AvgIpc) is 3.34. The Morgan fingerprint density at radius 3 is 0.839 bits per heavy atom. The maximum Gasteiger partial charge on any atom is 0.0346 e. The molecule has 1 aromatic heterocycles. The third-order valence-corrected chi connectivity index (χ3v) is 12.6. The van der Waals surface area contributed by atoms with E-state index in [1.54, 1.807) is 0 Å². The Hall–Kier alpha value is -8.13. The summed E-state index contributed by atoms with van der Waals surface area (Å²) in [6.45, 7) is 0. The zero-order valence-electron chi connectivity index (χ0n) is 34.0. The quantitative estimate of drug-likeness (QED) is 0.153. The van der Waals surface area contributed by atoms with E-state index in [4.69, 9.17) is 0 Å². The van der Waals surface area contributed by atoms with E-state index >= 15 is 0 Å². The van der Waals surface area contributed by atoms with Gasteiger partial charge in [0, 0.05) is 17.8 Å². The van der Waals surface area contributed by atoms with Crippen molar-refractivity contribution in [3.05, 3.63) is 237 Å². The molecule has 1 heterocycles. The van der Waals surface area contributed by atoms with Gasteiger partial charge in [0.25, 0.3) is 0 Å². The Morgan fingerprint density at radius 2 is 0.452 bits per heavy atom. The molecule has 0 aliphatic carbocycles. The van der Waals surface area contributed by atoms with E-state index in [1.165, 1.54) is 115 Å². The molecule has 288 valence electrons. The molecule has 0 unspecified atom stereocenters. The lowest BCUT2D eigenvalue weighted by Gasteiger charge is -2.13. The number of aromatic nitrogens is 1. The minimum atomic E-state index is 1.15. The van der Waals surface area contributed by atoms with E-state index in [0.29, 0.717) is 0 Å². The van der Waals surface area contributed by atoms with E-state index in [-0.39, 0.29) is 0 Å². The van der Waals surface area contributed by atoms with Crippen LogP contribution in [0, 0.1) is 0 Å². The van der Waals surface area contributed by atoms with Gasteiger partial charge >= 0.3 is 0 Å². The number of fused-ring (bicyclic) bond motifs is 5. The topological polar surface area (TPSA) is 12.9 Å². The Morgan fingerprint density at radius 1 is 0.177 bits per heavy atom. The highest BCUT2D eigenvalue weighted by molar-refractivity contribution is 6.01. The lowest BCUT2D eigenvalue weighted by molar-refractivity contribution is 1.36. The van der Waals surface area contributed by atoms with Gasteiger partial charge in [-0.3, -0.25) is 4.98 Å². The van der Waals surface area contributed by atoms with E-state index in [9.17, 15) is 0 Å². The highest BCUT2D eigenvalue weighted by atomic mass is 14.6. The molecule has 0 atom stereocenters. The molecule has 0 bridgehead atoms. The molecule has 0 saturated heterocycles. The van der Waals surface area contributed by atoms with Crippen molar-refractivity contribution in [3.8, 4) is 66.8 Å². The van der Waals surface area contributed by atoms with Gasteiger partial charge < -0.3 is 0 Å². The van der Waals surface area contributed by atoms with Crippen LogP contribution in [0.25, 0.3) is 121 Å². The van der Waals surface area contributed by atoms with Crippen LogP contribution in [-0.4, -0.2) is 4.98 Å². The summed E-state index contributed by atoms with van der Waals surface area (Å²) in [5.41, 5.74) is 14.4. The van der Waals surface area contributed by atoms with Crippen LogP contribution >= 0.6 is 0 Å². The lowest BCUT2D eigenvalue weighted by Crippen LogP contribution is -1.88. The van der Waals surface area contributed by atoms with Crippen LogP contribution in [0.3, 0.4) is 0 Å². The monoisotopic (exact) mass is 785 g/mol. The molecule has 12 rings (SSSR count). The van der Waals surface area contributed by atoms with Crippen LogP contribution < -0.4 is 0 Å². The van der Waals surface area contributed by atoms with E-state index in [2.05, 4.69) is 229 Å². The molecule has 0 aliphatic rings. The highest BCUT2D eigenvalue weighted by Crippen LogP contribution is 2.37. The maximum atomic E-state index is 4.29. The number of hydrogen-bond donors (Lipinski definition) is 0. The molecule has 0 N–H and O–H groups in total. The first-order valence-corrected chi connectivity index (χ1v) is 21.3. The minimum Gasteiger partial charge on any atom is -0.264 e. The Kier molecular flexibility index (Phi) is 8.57. The van der Waals surface area contributed by atoms with Gasteiger partial charge in [-0.25, -0.2) is 0 Å². The third-order valence-electron chi connectivity index (χ3n) is 12.6. The Bertz CT molecular complexity index is 3470. The number of pyridine rings is 1. The molecule has 1 nitrogen and oxygen atoms in total. The molecule has 0 radical (unpaired) electrons. The third kappa shape index (κ3) is 6.67. The van der Waals surface area contributed by atoms with Gasteiger partial charge in [0.15, 0.2) is 0 Å². The summed E-state index contributed by atoms with van der Waals surface area (Å²) in [4.78, 5) is 4.29. The van der Waals surface area contributed by atoms with Crippen molar-refractivity contribution in [2.45, 2.75) is 0 Å². The van der Waals surface area contributed by atoms with Crippen LogP contribution in [-0.2, 0) is 0 Å². The zero-order valence-corrected chi connectivity index (χ0v) is 34.0. The summed E-state index contributed by atoms with van der Waals surface area (Å²) in [6.07, 6.45) is 3.78. The predicted molar refractivity (Wildman–Crippen MR) is 264 cm³/mol. The fourth-order valence-electron chi connectivity index (χ4n) is 9.20. The van der Waals surface area contributed by atoms with E-state index in [0.717, 1.165) is 5.39 Å². The molecule has 12 aromatic rings. The molecule has 11 aromatic carbocycles. The van der Waals surface area contributed by atoms with Crippen molar-refractivity contribution >= 4 is 53.9 Å². The molecular formula is C61H39N. The van der Waals surface area contributed by atoms with Gasteiger partial charge in [-0.1, -0.05) is 158 Å². The van der Waals surface area contributed by atoms with Crippen molar-refractivity contribution in [3.63, 3.8) is 0 Å². The van der Waals surface area contributed by atoms with Gasteiger partial charge in [-0.05, 0) is 182 Å². The standard InChI is InChI=1S/C61H39N/c1-3-7-48-32-60-34-51(21-23-53(60)29-46(48)5-1)41-11-17-44(18-12-41)58-36-57(43-15-9-40(10-16-43)50-25-26-56-39-62-28-27-55(56)31-50)37-59(38-58)45-19-13-42(14-20-45)52-22-24-54-30-47-6-2-4-8-49(47)33-61(54)35-52/h1-39H. The molecule has 0 spiro atoms. The van der Waals surface area contributed by atoms with E-state index < -0.39 is 0 Å². The molecule has 62 heavy (non-hydrogen) atoms. The first-order valence-electron chi connectivity index (χ1n) is 21.3. The largest absolute Gasteiger partial charge is 0.264 e. The fourth-order valence-corrected chi connectivity index (χ4v) is 9.20. The molecular weight excluding hydrogens is 747 g/mol. The Labute approximate surface area is 360 Å². The van der Waals surface area contributed by atoms with Gasteiger partial charge in [-0.15, -0.1) is 0 Å².